The summed E-state index contributed by atoms with van der Waals surface area (Å²) in [6.45, 7) is 2.16. The number of hydrogen-bond acceptors (Lipinski definition) is 3. The second-order valence-corrected chi connectivity index (χ2v) is 4.26. The first-order chi connectivity index (χ1) is 8.52. The Morgan fingerprint density at radius 2 is 2.28 bits per heavy atom. The Morgan fingerprint density at radius 3 is 2.83 bits per heavy atom. The van der Waals surface area contributed by atoms with E-state index >= 15 is 0 Å². The molecule has 0 aliphatic rings. The van der Waals surface area contributed by atoms with Gasteiger partial charge in [0, 0.05) is 19.0 Å². The van der Waals surface area contributed by atoms with Crippen LogP contribution in [0.3, 0.4) is 0 Å². The van der Waals surface area contributed by atoms with Crippen molar-refractivity contribution in [1.82, 2.24) is 5.32 Å². The van der Waals surface area contributed by atoms with Crippen LogP contribution >= 0.6 is 0 Å². The third kappa shape index (κ3) is 4.71. The summed E-state index contributed by atoms with van der Waals surface area (Å²) in [7, 11) is 1.41. The first kappa shape index (κ1) is 14.4. The molecule has 18 heavy (non-hydrogen) atoms. The molecule has 1 atom stereocenters. The van der Waals surface area contributed by atoms with Crippen molar-refractivity contribution >= 4 is 5.91 Å². The van der Waals surface area contributed by atoms with Crippen LogP contribution in [0.5, 0.6) is 5.75 Å². The predicted molar refractivity (Wildman–Crippen MR) is 67.7 cm³/mol. The number of ether oxygens (including phenoxy) is 1. The molecule has 0 saturated heterocycles. The SMILES string of the molecule is COc1ccc(CNC(=O)CCC(C)N)cc1F. The smallest absolute Gasteiger partial charge is 0.220 e. The van der Waals surface area contributed by atoms with Crippen LogP contribution in [0.4, 0.5) is 4.39 Å². The Bertz CT molecular complexity index is 408. The zero-order valence-corrected chi connectivity index (χ0v) is 10.7. The summed E-state index contributed by atoms with van der Waals surface area (Å²) in [5, 5.41) is 2.72. The van der Waals surface area contributed by atoms with E-state index in [2.05, 4.69) is 5.32 Å². The third-order valence-corrected chi connectivity index (χ3v) is 2.53. The van der Waals surface area contributed by atoms with Gasteiger partial charge in [0.25, 0.3) is 0 Å². The number of benzene rings is 1. The molecule has 0 radical (unpaired) electrons. The van der Waals surface area contributed by atoms with E-state index in [0.29, 0.717) is 24.9 Å². The monoisotopic (exact) mass is 254 g/mol. The summed E-state index contributed by atoms with van der Waals surface area (Å²) < 4.78 is 18.2. The number of carbonyl (C=O) groups excluding carboxylic acids is 1. The molecule has 1 unspecified atom stereocenters. The maximum atomic E-state index is 13.4. The van der Waals surface area contributed by atoms with Crippen LogP contribution in [-0.2, 0) is 11.3 Å². The summed E-state index contributed by atoms with van der Waals surface area (Å²) in [6.07, 6.45) is 1.03. The van der Waals surface area contributed by atoms with Crippen LogP contribution in [0.25, 0.3) is 0 Å². The lowest BCUT2D eigenvalue weighted by atomic mass is 10.1. The van der Waals surface area contributed by atoms with Crippen molar-refractivity contribution in [3.05, 3.63) is 29.6 Å². The van der Waals surface area contributed by atoms with E-state index in [1.54, 1.807) is 12.1 Å². The quantitative estimate of drug-likeness (QED) is 0.810. The Hall–Kier alpha value is -1.62. The first-order valence-electron chi connectivity index (χ1n) is 5.87. The fourth-order valence-electron chi connectivity index (χ4n) is 1.47. The van der Waals surface area contributed by atoms with E-state index in [9.17, 15) is 9.18 Å². The third-order valence-electron chi connectivity index (χ3n) is 2.53. The van der Waals surface area contributed by atoms with Crippen LogP contribution in [0.1, 0.15) is 25.3 Å². The van der Waals surface area contributed by atoms with E-state index in [1.165, 1.54) is 13.2 Å². The molecule has 5 heteroatoms. The largest absolute Gasteiger partial charge is 0.494 e. The molecule has 0 fully saturated rings. The van der Waals surface area contributed by atoms with Gasteiger partial charge >= 0.3 is 0 Å². The predicted octanol–water partition coefficient (Wildman–Crippen LogP) is 1.58. The average Bonchev–Trinajstić information content (AvgIpc) is 2.34. The van der Waals surface area contributed by atoms with Gasteiger partial charge in [-0.15, -0.1) is 0 Å². The Kier molecular flexibility index (Phi) is 5.58. The van der Waals surface area contributed by atoms with Gasteiger partial charge in [0.1, 0.15) is 0 Å². The molecule has 0 bridgehead atoms. The average molecular weight is 254 g/mol. The molecule has 0 spiro atoms. The van der Waals surface area contributed by atoms with E-state index in [0.717, 1.165) is 0 Å². The van der Waals surface area contributed by atoms with Crippen molar-refractivity contribution in [2.75, 3.05) is 7.11 Å². The molecular formula is C13H19FN2O2. The lowest BCUT2D eigenvalue weighted by molar-refractivity contribution is -0.121. The molecule has 0 aromatic heterocycles. The van der Waals surface area contributed by atoms with Gasteiger partial charge in [0.2, 0.25) is 5.91 Å². The lowest BCUT2D eigenvalue weighted by Crippen LogP contribution is -2.25. The van der Waals surface area contributed by atoms with Crippen LogP contribution in [-0.4, -0.2) is 19.1 Å². The molecule has 0 aliphatic carbocycles. The molecule has 1 amide bonds. The molecule has 1 aromatic carbocycles. The number of amides is 1. The molecule has 100 valence electrons. The number of rotatable bonds is 6. The van der Waals surface area contributed by atoms with Gasteiger partial charge in [-0.2, -0.15) is 0 Å². The molecule has 1 aromatic rings. The van der Waals surface area contributed by atoms with E-state index in [-0.39, 0.29) is 17.7 Å². The Morgan fingerprint density at radius 1 is 1.56 bits per heavy atom. The highest BCUT2D eigenvalue weighted by molar-refractivity contribution is 5.75. The minimum absolute atomic E-state index is 0.00850. The van der Waals surface area contributed by atoms with Gasteiger partial charge in [-0.1, -0.05) is 6.07 Å². The maximum absolute atomic E-state index is 13.4. The van der Waals surface area contributed by atoms with Crippen molar-refractivity contribution in [2.24, 2.45) is 5.73 Å². The minimum atomic E-state index is -0.431. The van der Waals surface area contributed by atoms with Gasteiger partial charge in [-0.25, -0.2) is 4.39 Å². The zero-order chi connectivity index (χ0) is 13.5. The fraction of sp³-hybridized carbons (Fsp3) is 0.462. The number of nitrogens with two attached hydrogens (primary N) is 1. The molecule has 4 nitrogen and oxygen atoms in total. The van der Waals surface area contributed by atoms with Gasteiger partial charge in [-0.05, 0) is 31.0 Å². The fourth-order valence-corrected chi connectivity index (χ4v) is 1.47. The van der Waals surface area contributed by atoms with Crippen LogP contribution in [0.15, 0.2) is 18.2 Å². The lowest BCUT2D eigenvalue weighted by Gasteiger charge is -2.08. The van der Waals surface area contributed by atoms with Gasteiger partial charge in [0.05, 0.1) is 7.11 Å². The second kappa shape index (κ2) is 6.96. The highest BCUT2D eigenvalue weighted by Gasteiger charge is 2.06. The number of carbonyl (C=O) groups is 1. The van der Waals surface area contributed by atoms with Crippen LogP contribution in [0, 0.1) is 5.82 Å². The highest BCUT2D eigenvalue weighted by Crippen LogP contribution is 2.17. The minimum Gasteiger partial charge on any atom is -0.494 e. The summed E-state index contributed by atoms with van der Waals surface area (Å²) in [5.41, 5.74) is 6.25. The number of halogens is 1. The normalized spacial score (nSPS) is 12.0. The van der Waals surface area contributed by atoms with E-state index < -0.39 is 5.82 Å². The molecule has 0 saturated carbocycles. The molecule has 0 heterocycles. The van der Waals surface area contributed by atoms with E-state index in [4.69, 9.17) is 10.5 Å². The Balaban J connectivity index is 2.43. The van der Waals surface area contributed by atoms with Gasteiger partial charge in [0.15, 0.2) is 11.6 Å². The van der Waals surface area contributed by atoms with Crippen molar-refractivity contribution < 1.29 is 13.9 Å². The highest BCUT2D eigenvalue weighted by atomic mass is 19.1. The number of methoxy groups -OCH3 is 1. The second-order valence-electron chi connectivity index (χ2n) is 4.26. The van der Waals surface area contributed by atoms with Crippen LogP contribution in [0.2, 0.25) is 0 Å². The Labute approximate surface area is 106 Å². The topological polar surface area (TPSA) is 64.3 Å². The number of hydrogen-bond donors (Lipinski definition) is 2. The first-order valence-corrected chi connectivity index (χ1v) is 5.87. The zero-order valence-electron chi connectivity index (χ0n) is 10.7. The summed E-state index contributed by atoms with van der Waals surface area (Å²) in [4.78, 5) is 11.4. The van der Waals surface area contributed by atoms with Crippen molar-refractivity contribution in [1.29, 1.82) is 0 Å². The summed E-state index contributed by atoms with van der Waals surface area (Å²) in [6, 6.07) is 4.62. The molecule has 3 N–H and O–H groups in total. The van der Waals surface area contributed by atoms with Gasteiger partial charge in [-0.3, -0.25) is 4.79 Å². The van der Waals surface area contributed by atoms with Gasteiger partial charge < -0.3 is 15.8 Å². The molecular weight excluding hydrogens is 235 g/mol. The number of nitrogens with one attached hydrogen (secondary N) is 1. The summed E-state index contributed by atoms with van der Waals surface area (Å²) in [5.74, 6) is -0.314. The van der Waals surface area contributed by atoms with E-state index in [1.807, 2.05) is 6.92 Å². The summed E-state index contributed by atoms with van der Waals surface area (Å²) >= 11 is 0. The van der Waals surface area contributed by atoms with Crippen molar-refractivity contribution in [3.63, 3.8) is 0 Å². The standard InChI is InChI=1S/C13H19FN2O2/c1-9(15)3-6-13(17)16-8-10-4-5-12(18-2)11(14)7-10/h4-5,7,9H,3,6,8,15H2,1-2H3,(H,16,17). The molecule has 0 aliphatic heterocycles. The maximum Gasteiger partial charge on any atom is 0.220 e. The van der Waals surface area contributed by atoms with Crippen molar-refractivity contribution in [2.45, 2.75) is 32.4 Å². The van der Waals surface area contributed by atoms with Crippen LogP contribution < -0.4 is 15.8 Å². The molecule has 1 rings (SSSR count). The van der Waals surface area contributed by atoms with Crippen molar-refractivity contribution in [3.8, 4) is 5.75 Å².